The minimum atomic E-state index is 1.12. The molecule has 0 fully saturated rings. The quantitative estimate of drug-likeness (QED) is 0.707. The lowest BCUT2D eigenvalue weighted by Crippen LogP contribution is -2.33. The van der Waals surface area contributed by atoms with Crippen molar-refractivity contribution in [1.82, 2.24) is 5.32 Å². The summed E-state index contributed by atoms with van der Waals surface area (Å²) in [6.45, 7) is 7.01. The molecular formula is C24H33N3. The number of hydrogen-bond donors (Lipinski definition) is 1. The Kier molecular flexibility index (Phi) is 6.31. The van der Waals surface area contributed by atoms with Crippen molar-refractivity contribution >= 4 is 11.4 Å². The molecule has 0 saturated carbocycles. The van der Waals surface area contributed by atoms with Crippen molar-refractivity contribution in [2.24, 2.45) is 0 Å². The standard InChI is InChI=1S/C24H33N3/c1-3-13-23-21(9-1)11-5-17-26(23)19-7-15-25-16-8-20-27-18-6-12-22-10-2-4-14-24(22)27/h1-4,9-10,13-14,25H,5-8,11-12,15-20H2. The van der Waals surface area contributed by atoms with E-state index in [0.29, 0.717) is 0 Å². The Morgan fingerprint density at radius 2 is 1.15 bits per heavy atom. The predicted molar refractivity (Wildman–Crippen MR) is 116 cm³/mol. The fourth-order valence-corrected chi connectivity index (χ4v) is 4.60. The third-order valence-electron chi connectivity index (χ3n) is 5.98. The molecule has 0 unspecified atom stereocenters. The summed E-state index contributed by atoms with van der Waals surface area (Å²) in [5, 5.41) is 3.66. The van der Waals surface area contributed by atoms with E-state index in [1.54, 1.807) is 0 Å². The van der Waals surface area contributed by atoms with Crippen molar-refractivity contribution in [2.45, 2.75) is 38.5 Å². The maximum atomic E-state index is 3.66. The van der Waals surface area contributed by atoms with E-state index >= 15 is 0 Å². The number of para-hydroxylation sites is 2. The van der Waals surface area contributed by atoms with E-state index < -0.39 is 0 Å². The topological polar surface area (TPSA) is 18.5 Å². The van der Waals surface area contributed by atoms with Crippen LogP contribution in [0.4, 0.5) is 11.4 Å². The molecule has 0 radical (unpaired) electrons. The summed E-state index contributed by atoms with van der Waals surface area (Å²) in [6, 6.07) is 17.9. The van der Waals surface area contributed by atoms with Crippen molar-refractivity contribution in [3.8, 4) is 0 Å². The van der Waals surface area contributed by atoms with Gasteiger partial charge in [-0.3, -0.25) is 0 Å². The molecule has 2 aliphatic rings. The number of fused-ring (bicyclic) bond motifs is 2. The fourth-order valence-electron chi connectivity index (χ4n) is 4.60. The van der Waals surface area contributed by atoms with Crippen LogP contribution >= 0.6 is 0 Å². The van der Waals surface area contributed by atoms with Gasteiger partial charge in [0, 0.05) is 37.6 Å². The van der Waals surface area contributed by atoms with E-state index in [1.807, 2.05) is 0 Å². The number of nitrogens with one attached hydrogen (secondary N) is 1. The van der Waals surface area contributed by atoms with E-state index in [9.17, 15) is 0 Å². The van der Waals surface area contributed by atoms with Crippen molar-refractivity contribution in [1.29, 1.82) is 0 Å². The summed E-state index contributed by atoms with van der Waals surface area (Å²) < 4.78 is 0. The zero-order valence-electron chi connectivity index (χ0n) is 16.5. The molecule has 2 heterocycles. The smallest absolute Gasteiger partial charge is 0.0398 e. The van der Waals surface area contributed by atoms with Gasteiger partial charge in [0.05, 0.1) is 0 Å². The Bertz CT molecular complexity index is 666. The molecule has 1 N–H and O–H groups in total. The van der Waals surface area contributed by atoms with Gasteiger partial charge in [0.2, 0.25) is 0 Å². The number of hydrogen-bond acceptors (Lipinski definition) is 3. The molecule has 0 spiro atoms. The minimum absolute atomic E-state index is 1.12. The summed E-state index contributed by atoms with van der Waals surface area (Å²) in [5.41, 5.74) is 5.98. The second kappa shape index (κ2) is 9.27. The normalized spacial score (nSPS) is 16.1. The maximum absolute atomic E-state index is 3.66. The Morgan fingerprint density at radius 3 is 1.67 bits per heavy atom. The van der Waals surface area contributed by atoms with Crippen LogP contribution in [-0.2, 0) is 12.8 Å². The van der Waals surface area contributed by atoms with Gasteiger partial charge in [-0.15, -0.1) is 0 Å². The Balaban J connectivity index is 1.13. The van der Waals surface area contributed by atoms with E-state index in [0.717, 1.165) is 13.1 Å². The molecule has 2 aromatic rings. The summed E-state index contributed by atoms with van der Waals surface area (Å²) in [4.78, 5) is 5.15. The number of nitrogens with zero attached hydrogens (tertiary/aromatic N) is 2. The van der Waals surface area contributed by atoms with Crippen molar-refractivity contribution in [3.05, 3.63) is 59.7 Å². The zero-order chi connectivity index (χ0) is 18.3. The number of anilines is 2. The molecule has 27 heavy (non-hydrogen) atoms. The summed E-state index contributed by atoms with van der Waals surface area (Å²) in [5.74, 6) is 0. The highest BCUT2D eigenvalue weighted by atomic mass is 15.1. The van der Waals surface area contributed by atoms with Crippen molar-refractivity contribution in [2.75, 3.05) is 49.1 Å². The molecule has 3 nitrogen and oxygen atoms in total. The van der Waals surface area contributed by atoms with Crippen LogP contribution in [-0.4, -0.2) is 39.3 Å². The lowest BCUT2D eigenvalue weighted by atomic mass is 10.0. The van der Waals surface area contributed by atoms with Crippen LogP contribution < -0.4 is 15.1 Å². The van der Waals surface area contributed by atoms with Crippen molar-refractivity contribution in [3.63, 3.8) is 0 Å². The predicted octanol–water partition coefficient (Wildman–Crippen LogP) is 4.26. The maximum Gasteiger partial charge on any atom is 0.0398 e. The number of benzene rings is 2. The third-order valence-corrected chi connectivity index (χ3v) is 5.98. The van der Waals surface area contributed by atoms with Crippen molar-refractivity contribution < 1.29 is 0 Å². The molecule has 4 rings (SSSR count). The monoisotopic (exact) mass is 363 g/mol. The highest BCUT2D eigenvalue weighted by Crippen LogP contribution is 2.27. The van der Waals surface area contributed by atoms with Crippen LogP contribution in [0.2, 0.25) is 0 Å². The average Bonchev–Trinajstić information content (AvgIpc) is 2.73. The molecule has 2 aromatic carbocycles. The van der Waals surface area contributed by atoms with Gasteiger partial charge in [-0.05, 0) is 74.9 Å². The molecule has 0 aliphatic carbocycles. The summed E-state index contributed by atoms with van der Waals surface area (Å²) in [7, 11) is 0. The lowest BCUT2D eigenvalue weighted by Gasteiger charge is -2.31. The van der Waals surface area contributed by atoms with E-state index in [2.05, 4.69) is 63.6 Å². The van der Waals surface area contributed by atoms with E-state index in [4.69, 9.17) is 0 Å². The first-order valence-corrected chi connectivity index (χ1v) is 10.8. The second-order valence-electron chi connectivity index (χ2n) is 7.90. The Morgan fingerprint density at radius 1 is 0.667 bits per heavy atom. The van der Waals surface area contributed by atoms with Crippen LogP contribution in [0.5, 0.6) is 0 Å². The number of rotatable bonds is 8. The van der Waals surface area contributed by atoms with Gasteiger partial charge in [-0.1, -0.05) is 36.4 Å². The first-order valence-electron chi connectivity index (χ1n) is 10.8. The molecule has 0 aromatic heterocycles. The molecule has 2 aliphatic heterocycles. The highest BCUT2D eigenvalue weighted by molar-refractivity contribution is 5.56. The summed E-state index contributed by atoms with van der Waals surface area (Å²) in [6.07, 6.45) is 7.51. The van der Waals surface area contributed by atoms with Gasteiger partial charge in [0.15, 0.2) is 0 Å². The molecule has 3 heteroatoms. The largest absolute Gasteiger partial charge is 0.371 e. The van der Waals surface area contributed by atoms with Crippen LogP contribution in [0, 0.1) is 0 Å². The van der Waals surface area contributed by atoms with Gasteiger partial charge in [-0.2, -0.15) is 0 Å². The fraction of sp³-hybridized carbons (Fsp3) is 0.500. The highest BCUT2D eigenvalue weighted by Gasteiger charge is 2.16. The molecule has 0 amide bonds. The number of aryl methyl sites for hydroxylation is 2. The lowest BCUT2D eigenvalue weighted by molar-refractivity contribution is 0.587. The third kappa shape index (κ3) is 4.65. The minimum Gasteiger partial charge on any atom is -0.371 e. The summed E-state index contributed by atoms with van der Waals surface area (Å²) >= 11 is 0. The Labute approximate surface area is 164 Å². The molecule has 0 bridgehead atoms. The first kappa shape index (κ1) is 18.4. The van der Waals surface area contributed by atoms with Gasteiger partial charge < -0.3 is 15.1 Å². The SMILES string of the molecule is c1ccc2c(c1)CCCN2CCCNCCCN1CCCc2ccccc21. The van der Waals surface area contributed by atoms with Gasteiger partial charge in [-0.25, -0.2) is 0 Å². The first-order chi connectivity index (χ1) is 13.4. The van der Waals surface area contributed by atoms with Gasteiger partial charge in [0.25, 0.3) is 0 Å². The van der Waals surface area contributed by atoms with E-state index in [1.165, 1.54) is 87.2 Å². The van der Waals surface area contributed by atoms with Crippen LogP contribution in [0.1, 0.15) is 36.8 Å². The Hall–Kier alpha value is -2.00. The van der Waals surface area contributed by atoms with Crippen LogP contribution in [0.25, 0.3) is 0 Å². The second-order valence-corrected chi connectivity index (χ2v) is 7.90. The molecule has 0 saturated heterocycles. The van der Waals surface area contributed by atoms with E-state index in [-0.39, 0.29) is 0 Å². The molecule has 144 valence electrons. The molecular weight excluding hydrogens is 330 g/mol. The molecule has 0 atom stereocenters. The van der Waals surface area contributed by atoms with Gasteiger partial charge >= 0.3 is 0 Å². The van der Waals surface area contributed by atoms with Gasteiger partial charge in [0.1, 0.15) is 0 Å². The average molecular weight is 364 g/mol. The van der Waals surface area contributed by atoms with Crippen LogP contribution in [0.3, 0.4) is 0 Å². The zero-order valence-corrected chi connectivity index (χ0v) is 16.5. The van der Waals surface area contributed by atoms with Crippen LogP contribution in [0.15, 0.2) is 48.5 Å².